The van der Waals surface area contributed by atoms with Crippen molar-refractivity contribution >= 4 is 0 Å². The first kappa shape index (κ1) is 17.6. The largest absolute Gasteiger partial charge is 0.392 e. The van der Waals surface area contributed by atoms with Gasteiger partial charge in [-0.05, 0) is 66.2 Å². The van der Waals surface area contributed by atoms with E-state index in [0.29, 0.717) is 0 Å². The van der Waals surface area contributed by atoms with E-state index in [1.807, 2.05) is 12.3 Å². The summed E-state index contributed by atoms with van der Waals surface area (Å²) in [5, 5.41) is 10.8. The number of benzene rings is 2. The molecule has 1 aromatic heterocycles. The van der Waals surface area contributed by atoms with Crippen LogP contribution in [0.3, 0.4) is 0 Å². The van der Waals surface area contributed by atoms with Crippen LogP contribution in [0.2, 0.25) is 0 Å². The number of nitrogens with zero attached hydrogens (tertiary/aromatic N) is 2. The van der Waals surface area contributed by atoms with E-state index >= 15 is 0 Å². The van der Waals surface area contributed by atoms with E-state index < -0.39 is 0 Å². The Hall–Kier alpha value is -2.49. The third-order valence-electron chi connectivity index (χ3n) is 6.71. The molecule has 1 saturated heterocycles. The number of likely N-dealkylation sites (tertiary alicyclic amines) is 1. The van der Waals surface area contributed by atoms with Crippen molar-refractivity contribution in [3.8, 4) is 11.1 Å². The molecule has 1 aliphatic heterocycles. The van der Waals surface area contributed by atoms with Gasteiger partial charge in [-0.3, -0.25) is 9.88 Å². The summed E-state index contributed by atoms with van der Waals surface area (Å²) >= 11 is 0. The molecular formula is C25H26N2O. The molecule has 0 bridgehead atoms. The van der Waals surface area contributed by atoms with Gasteiger partial charge in [-0.15, -0.1) is 0 Å². The first-order chi connectivity index (χ1) is 13.7. The van der Waals surface area contributed by atoms with Crippen LogP contribution in [0.15, 0.2) is 73.1 Å². The molecule has 0 unspecified atom stereocenters. The standard InChI is InChI=1S/C25H26N2O/c28-24-16-21-4-1-2-6-23(21)25(24)11-14-27(15-12-25)18-19-7-9-20(10-8-19)22-5-3-13-26-17-22/h1-10,13,17,24,28H,11-12,14-16,18H2/t24-/m0/s1. The van der Waals surface area contributed by atoms with Gasteiger partial charge in [-0.25, -0.2) is 0 Å². The number of hydrogen-bond acceptors (Lipinski definition) is 3. The molecule has 2 aromatic carbocycles. The quantitative estimate of drug-likeness (QED) is 0.751. The van der Waals surface area contributed by atoms with Crippen LogP contribution in [0.1, 0.15) is 29.5 Å². The number of rotatable bonds is 3. The van der Waals surface area contributed by atoms with Crippen LogP contribution in [0, 0.1) is 0 Å². The Labute approximate surface area is 166 Å². The summed E-state index contributed by atoms with van der Waals surface area (Å²) in [6.07, 6.45) is 6.37. The van der Waals surface area contributed by atoms with Crippen molar-refractivity contribution in [2.45, 2.75) is 37.3 Å². The number of aliphatic hydroxyl groups is 1. The van der Waals surface area contributed by atoms with Crippen molar-refractivity contribution in [2.75, 3.05) is 13.1 Å². The Morgan fingerprint density at radius 1 is 0.929 bits per heavy atom. The average Bonchev–Trinajstić information content (AvgIpc) is 3.02. The maximum atomic E-state index is 10.8. The Balaban J connectivity index is 1.26. The van der Waals surface area contributed by atoms with Crippen molar-refractivity contribution < 1.29 is 5.11 Å². The second-order valence-electron chi connectivity index (χ2n) is 8.25. The number of fused-ring (bicyclic) bond motifs is 2. The summed E-state index contributed by atoms with van der Waals surface area (Å²) in [6, 6.07) is 21.5. The van der Waals surface area contributed by atoms with Crippen LogP contribution in [0.4, 0.5) is 0 Å². The third kappa shape index (κ3) is 3.05. The van der Waals surface area contributed by atoms with Gasteiger partial charge in [-0.1, -0.05) is 54.6 Å². The normalized spacial score (nSPS) is 21.0. The van der Waals surface area contributed by atoms with Crippen molar-refractivity contribution in [1.82, 2.24) is 9.88 Å². The van der Waals surface area contributed by atoms with Crippen molar-refractivity contribution in [3.63, 3.8) is 0 Å². The molecule has 1 spiro atoms. The Bertz CT molecular complexity index is 944. The lowest BCUT2D eigenvalue weighted by Crippen LogP contribution is -2.47. The summed E-state index contributed by atoms with van der Waals surface area (Å²) in [5.41, 5.74) is 6.41. The maximum absolute atomic E-state index is 10.8. The SMILES string of the molecule is O[C@H]1Cc2ccccc2C12CCN(Cc1ccc(-c3cccnc3)cc1)CC2. The molecule has 28 heavy (non-hydrogen) atoms. The second kappa shape index (κ2) is 7.16. The summed E-state index contributed by atoms with van der Waals surface area (Å²) in [4.78, 5) is 6.73. The van der Waals surface area contributed by atoms with Crippen LogP contribution < -0.4 is 0 Å². The van der Waals surface area contributed by atoms with Gasteiger partial charge in [0.25, 0.3) is 0 Å². The van der Waals surface area contributed by atoms with E-state index in [1.165, 1.54) is 22.3 Å². The van der Waals surface area contributed by atoms with Crippen LogP contribution in [0.5, 0.6) is 0 Å². The zero-order valence-electron chi connectivity index (χ0n) is 16.1. The third-order valence-corrected chi connectivity index (χ3v) is 6.71. The minimum absolute atomic E-state index is 0.0305. The predicted octanol–water partition coefficient (Wildman–Crippen LogP) is 4.20. The van der Waals surface area contributed by atoms with Gasteiger partial charge >= 0.3 is 0 Å². The smallest absolute Gasteiger partial charge is 0.0678 e. The molecule has 2 aliphatic rings. The molecule has 1 fully saturated rings. The van der Waals surface area contributed by atoms with Gasteiger partial charge < -0.3 is 5.11 Å². The summed E-state index contributed by atoms with van der Waals surface area (Å²) in [5.74, 6) is 0. The summed E-state index contributed by atoms with van der Waals surface area (Å²) in [7, 11) is 0. The van der Waals surface area contributed by atoms with E-state index in [2.05, 4.69) is 64.5 Å². The molecule has 0 amide bonds. The lowest BCUT2D eigenvalue weighted by Gasteiger charge is -2.42. The molecule has 1 N–H and O–H groups in total. The van der Waals surface area contributed by atoms with E-state index in [4.69, 9.17) is 0 Å². The van der Waals surface area contributed by atoms with Gasteiger partial charge in [0.15, 0.2) is 0 Å². The predicted molar refractivity (Wildman–Crippen MR) is 112 cm³/mol. The second-order valence-corrected chi connectivity index (χ2v) is 8.25. The molecule has 1 atom stereocenters. The number of pyridine rings is 1. The Kier molecular flexibility index (Phi) is 4.50. The molecule has 0 saturated carbocycles. The van der Waals surface area contributed by atoms with E-state index in [1.54, 1.807) is 6.20 Å². The fraction of sp³-hybridized carbons (Fsp3) is 0.320. The van der Waals surface area contributed by atoms with Gasteiger partial charge in [-0.2, -0.15) is 0 Å². The van der Waals surface area contributed by atoms with Gasteiger partial charge in [0.2, 0.25) is 0 Å². The molecule has 1 aliphatic carbocycles. The van der Waals surface area contributed by atoms with Crippen molar-refractivity contribution in [2.24, 2.45) is 0 Å². The minimum atomic E-state index is -0.231. The van der Waals surface area contributed by atoms with Crippen LogP contribution in [-0.4, -0.2) is 34.2 Å². The fourth-order valence-corrected chi connectivity index (χ4v) is 5.07. The highest BCUT2D eigenvalue weighted by molar-refractivity contribution is 5.62. The Morgan fingerprint density at radius 3 is 2.46 bits per heavy atom. The minimum Gasteiger partial charge on any atom is -0.392 e. The Morgan fingerprint density at radius 2 is 1.71 bits per heavy atom. The first-order valence-corrected chi connectivity index (χ1v) is 10.2. The van der Waals surface area contributed by atoms with Crippen LogP contribution >= 0.6 is 0 Å². The number of piperidine rings is 1. The molecule has 3 aromatic rings. The highest BCUT2D eigenvalue weighted by Gasteiger charge is 2.47. The topological polar surface area (TPSA) is 36.4 Å². The van der Waals surface area contributed by atoms with Crippen molar-refractivity contribution in [3.05, 3.63) is 89.7 Å². The molecule has 0 radical (unpaired) electrons. The lowest BCUT2D eigenvalue weighted by molar-refractivity contribution is 0.0414. The first-order valence-electron chi connectivity index (χ1n) is 10.2. The number of aliphatic hydroxyl groups excluding tert-OH is 1. The summed E-state index contributed by atoms with van der Waals surface area (Å²) in [6.45, 7) is 3.05. The number of hydrogen-bond donors (Lipinski definition) is 1. The molecule has 3 heteroatoms. The van der Waals surface area contributed by atoms with Crippen molar-refractivity contribution in [1.29, 1.82) is 0 Å². The van der Waals surface area contributed by atoms with Crippen LogP contribution in [-0.2, 0) is 18.4 Å². The lowest BCUT2D eigenvalue weighted by atomic mass is 9.72. The highest BCUT2D eigenvalue weighted by atomic mass is 16.3. The van der Waals surface area contributed by atoms with E-state index in [9.17, 15) is 5.11 Å². The number of aromatic nitrogens is 1. The zero-order chi connectivity index (χ0) is 19.0. The average molecular weight is 370 g/mol. The van der Waals surface area contributed by atoms with E-state index in [0.717, 1.165) is 44.5 Å². The van der Waals surface area contributed by atoms with E-state index in [-0.39, 0.29) is 11.5 Å². The molecule has 3 nitrogen and oxygen atoms in total. The monoisotopic (exact) mass is 370 g/mol. The maximum Gasteiger partial charge on any atom is 0.0678 e. The molecule has 2 heterocycles. The van der Waals surface area contributed by atoms with Gasteiger partial charge in [0, 0.05) is 24.4 Å². The van der Waals surface area contributed by atoms with Gasteiger partial charge in [0.05, 0.1) is 6.10 Å². The molecule has 142 valence electrons. The molecular weight excluding hydrogens is 344 g/mol. The van der Waals surface area contributed by atoms with Crippen LogP contribution in [0.25, 0.3) is 11.1 Å². The molecule has 5 rings (SSSR count). The summed E-state index contributed by atoms with van der Waals surface area (Å²) < 4.78 is 0. The van der Waals surface area contributed by atoms with Gasteiger partial charge in [0.1, 0.15) is 0 Å². The highest BCUT2D eigenvalue weighted by Crippen LogP contribution is 2.46. The zero-order valence-corrected chi connectivity index (χ0v) is 16.1. The fourth-order valence-electron chi connectivity index (χ4n) is 5.07.